The van der Waals surface area contributed by atoms with E-state index in [4.69, 9.17) is 5.73 Å². The van der Waals surface area contributed by atoms with E-state index in [9.17, 15) is 0 Å². The zero-order valence-electron chi connectivity index (χ0n) is 12.2. The molecule has 3 nitrogen and oxygen atoms in total. The first kappa shape index (κ1) is 13.6. The van der Waals surface area contributed by atoms with Crippen molar-refractivity contribution in [3.63, 3.8) is 0 Å². The number of fused-ring (bicyclic) bond motifs is 1. The zero-order valence-corrected chi connectivity index (χ0v) is 12.2. The third-order valence-corrected chi connectivity index (χ3v) is 3.70. The van der Waals surface area contributed by atoms with Crippen molar-refractivity contribution in [3.05, 3.63) is 66.4 Å². The molecule has 0 bridgehead atoms. The highest BCUT2D eigenvalue weighted by molar-refractivity contribution is 5.95. The molecular weight excluding hydrogens is 258 g/mol. The molecule has 0 aliphatic heterocycles. The van der Waals surface area contributed by atoms with Crippen molar-refractivity contribution in [2.24, 2.45) is 5.73 Å². The van der Waals surface area contributed by atoms with Crippen LogP contribution in [0.4, 0.5) is 11.5 Å². The van der Waals surface area contributed by atoms with Crippen molar-refractivity contribution in [3.8, 4) is 0 Å². The van der Waals surface area contributed by atoms with Crippen LogP contribution in [-0.4, -0.2) is 11.5 Å². The molecule has 2 N–H and O–H groups in total. The highest BCUT2D eigenvalue weighted by Gasteiger charge is 2.11. The van der Waals surface area contributed by atoms with Crippen molar-refractivity contribution in [2.45, 2.75) is 13.5 Å². The molecule has 1 aromatic heterocycles. The Labute approximate surface area is 125 Å². The summed E-state index contributed by atoms with van der Waals surface area (Å²) in [6, 6.07) is 18.8. The Morgan fingerprint density at radius 1 is 1.05 bits per heavy atom. The second-order valence-electron chi connectivity index (χ2n) is 4.97. The fourth-order valence-corrected chi connectivity index (χ4v) is 2.63. The molecule has 3 aromatic rings. The lowest BCUT2D eigenvalue weighted by atomic mass is 10.1. The molecule has 0 radical (unpaired) electrons. The minimum atomic E-state index is 0.530. The van der Waals surface area contributed by atoms with E-state index in [1.54, 1.807) is 0 Å². The topological polar surface area (TPSA) is 42.1 Å². The second kappa shape index (κ2) is 5.94. The zero-order chi connectivity index (χ0) is 14.7. The third-order valence-electron chi connectivity index (χ3n) is 3.70. The van der Waals surface area contributed by atoms with Gasteiger partial charge in [0.25, 0.3) is 0 Å². The van der Waals surface area contributed by atoms with Crippen LogP contribution in [0.3, 0.4) is 0 Å². The van der Waals surface area contributed by atoms with Gasteiger partial charge in [-0.1, -0.05) is 36.4 Å². The number of pyridine rings is 1. The molecule has 0 unspecified atom stereocenters. The summed E-state index contributed by atoms with van der Waals surface area (Å²) < 4.78 is 0. The standard InChI is InChI=1S/C18H19N3/c1-2-21(18-12-14(13-19)10-11-20-18)17-9-5-7-15-6-3-4-8-16(15)17/h3-12H,2,13,19H2,1H3. The maximum atomic E-state index is 5.74. The van der Waals surface area contributed by atoms with Crippen molar-refractivity contribution in [1.82, 2.24) is 4.98 Å². The minimum Gasteiger partial charge on any atom is -0.326 e. The molecule has 0 aliphatic rings. The lowest BCUT2D eigenvalue weighted by Crippen LogP contribution is -2.18. The average molecular weight is 277 g/mol. The molecule has 0 fully saturated rings. The summed E-state index contributed by atoms with van der Waals surface area (Å²) in [7, 11) is 0. The van der Waals surface area contributed by atoms with Gasteiger partial charge in [-0.05, 0) is 36.1 Å². The molecular formula is C18H19N3. The Hall–Kier alpha value is -2.39. The van der Waals surface area contributed by atoms with Gasteiger partial charge in [-0.2, -0.15) is 0 Å². The van der Waals surface area contributed by atoms with Gasteiger partial charge < -0.3 is 10.6 Å². The van der Waals surface area contributed by atoms with Gasteiger partial charge >= 0.3 is 0 Å². The summed E-state index contributed by atoms with van der Waals surface area (Å²) in [6.07, 6.45) is 1.82. The third kappa shape index (κ3) is 2.60. The van der Waals surface area contributed by atoms with Crippen LogP contribution in [0.1, 0.15) is 12.5 Å². The number of anilines is 2. The van der Waals surface area contributed by atoms with E-state index < -0.39 is 0 Å². The first-order chi connectivity index (χ1) is 10.3. The average Bonchev–Trinajstić information content (AvgIpc) is 2.56. The SMILES string of the molecule is CCN(c1cc(CN)ccn1)c1cccc2ccccc12. The molecule has 0 saturated carbocycles. The smallest absolute Gasteiger partial charge is 0.133 e. The summed E-state index contributed by atoms with van der Waals surface area (Å²) in [5, 5.41) is 2.48. The number of aromatic nitrogens is 1. The summed E-state index contributed by atoms with van der Waals surface area (Å²) in [6.45, 7) is 3.52. The number of benzene rings is 2. The van der Waals surface area contributed by atoms with Gasteiger partial charge in [0.1, 0.15) is 5.82 Å². The molecule has 2 aromatic carbocycles. The molecule has 0 spiro atoms. The molecule has 106 valence electrons. The number of hydrogen-bond donors (Lipinski definition) is 1. The van der Waals surface area contributed by atoms with Crippen molar-refractivity contribution in [1.29, 1.82) is 0 Å². The molecule has 21 heavy (non-hydrogen) atoms. The molecule has 1 heterocycles. The highest BCUT2D eigenvalue weighted by atomic mass is 15.2. The van der Waals surface area contributed by atoms with Crippen molar-refractivity contribution < 1.29 is 0 Å². The Balaban J connectivity index is 2.13. The van der Waals surface area contributed by atoms with Crippen LogP contribution < -0.4 is 10.6 Å². The summed E-state index contributed by atoms with van der Waals surface area (Å²) in [5.41, 5.74) is 8.02. The quantitative estimate of drug-likeness (QED) is 0.787. The van der Waals surface area contributed by atoms with Gasteiger partial charge in [0.15, 0.2) is 0 Å². The van der Waals surface area contributed by atoms with E-state index >= 15 is 0 Å². The first-order valence-electron chi connectivity index (χ1n) is 7.23. The van der Waals surface area contributed by atoms with Gasteiger partial charge in [-0.15, -0.1) is 0 Å². The maximum Gasteiger partial charge on any atom is 0.133 e. The van der Waals surface area contributed by atoms with Crippen LogP contribution in [0.15, 0.2) is 60.8 Å². The van der Waals surface area contributed by atoms with Crippen LogP contribution in [-0.2, 0) is 6.54 Å². The van der Waals surface area contributed by atoms with Crippen molar-refractivity contribution >= 4 is 22.3 Å². The van der Waals surface area contributed by atoms with E-state index in [1.807, 2.05) is 12.3 Å². The minimum absolute atomic E-state index is 0.530. The van der Waals surface area contributed by atoms with Crippen LogP contribution >= 0.6 is 0 Å². The maximum absolute atomic E-state index is 5.74. The monoisotopic (exact) mass is 277 g/mol. The number of rotatable bonds is 4. The van der Waals surface area contributed by atoms with Crippen LogP contribution in [0.25, 0.3) is 10.8 Å². The largest absolute Gasteiger partial charge is 0.326 e. The van der Waals surface area contributed by atoms with Gasteiger partial charge in [0.2, 0.25) is 0 Å². The number of nitrogens with two attached hydrogens (primary N) is 1. The summed E-state index contributed by atoms with van der Waals surface area (Å²) in [4.78, 5) is 6.74. The second-order valence-corrected chi connectivity index (χ2v) is 4.97. The van der Waals surface area contributed by atoms with Gasteiger partial charge in [0, 0.05) is 24.7 Å². The highest BCUT2D eigenvalue weighted by Crippen LogP contribution is 2.31. The van der Waals surface area contributed by atoms with E-state index in [0.29, 0.717) is 6.54 Å². The number of nitrogens with zero attached hydrogens (tertiary/aromatic N) is 2. The normalized spacial score (nSPS) is 10.8. The van der Waals surface area contributed by atoms with Gasteiger partial charge in [-0.25, -0.2) is 4.98 Å². The molecule has 0 atom stereocenters. The number of hydrogen-bond acceptors (Lipinski definition) is 3. The van der Waals surface area contributed by atoms with Crippen LogP contribution in [0.5, 0.6) is 0 Å². The lowest BCUT2D eigenvalue weighted by Gasteiger charge is -2.24. The Morgan fingerprint density at radius 3 is 2.67 bits per heavy atom. The molecule has 3 rings (SSSR count). The van der Waals surface area contributed by atoms with E-state index in [-0.39, 0.29) is 0 Å². The molecule has 0 amide bonds. The van der Waals surface area contributed by atoms with Crippen LogP contribution in [0.2, 0.25) is 0 Å². The van der Waals surface area contributed by atoms with E-state index in [1.165, 1.54) is 16.5 Å². The first-order valence-corrected chi connectivity index (χ1v) is 7.23. The van der Waals surface area contributed by atoms with E-state index in [2.05, 4.69) is 65.3 Å². The van der Waals surface area contributed by atoms with Crippen LogP contribution in [0, 0.1) is 0 Å². The van der Waals surface area contributed by atoms with Gasteiger partial charge in [-0.3, -0.25) is 0 Å². The summed E-state index contributed by atoms with van der Waals surface area (Å²) >= 11 is 0. The van der Waals surface area contributed by atoms with E-state index in [0.717, 1.165) is 17.9 Å². The molecule has 0 saturated heterocycles. The van der Waals surface area contributed by atoms with Gasteiger partial charge in [0.05, 0.1) is 5.69 Å². The molecule has 0 aliphatic carbocycles. The molecule has 3 heteroatoms. The Morgan fingerprint density at radius 2 is 1.86 bits per heavy atom. The predicted molar refractivity (Wildman–Crippen MR) is 88.8 cm³/mol. The summed E-state index contributed by atoms with van der Waals surface area (Å²) in [5.74, 6) is 0.941. The Kier molecular flexibility index (Phi) is 3.84. The fourth-order valence-electron chi connectivity index (χ4n) is 2.63. The lowest BCUT2D eigenvalue weighted by molar-refractivity contribution is 0.978. The Bertz CT molecular complexity index is 747. The predicted octanol–water partition coefficient (Wildman–Crippen LogP) is 3.85. The fraction of sp³-hybridized carbons (Fsp3) is 0.167. The van der Waals surface area contributed by atoms with Crippen molar-refractivity contribution in [2.75, 3.05) is 11.4 Å².